The lowest BCUT2D eigenvalue weighted by atomic mass is 10.7. The van der Waals surface area contributed by atoms with Crippen molar-refractivity contribution in [2.24, 2.45) is 0 Å². The summed E-state index contributed by atoms with van der Waals surface area (Å²) in [7, 11) is 1.74. The molecule has 0 spiro atoms. The molecule has 0 aliphatic carbocycles. The molecule has 1 aromatic rings. The van der Waals surface area contributed by atoms with E-state index in [1.807, 2.05) is 12.1 Å². The second-order valence-corrected chi connectivity index (χ2v) is 1.78. The predicted octanol–water partition coefficient (Wildman–Crippen LogP) is -2.48. The molecule has 1 nitrogen and oxygen atoms in total. The fraction of sp³-hybridized carbons (Fsp3) is 0. The Hall–Kier alpha value is -0.0000000000000000555. The van der Waals surface area contributed by atoms with Crippen LogP contribution >= 0.6 is 9.24 Å². The Morgan fingerprint density at radius 3 is 2.43 bits per heavy atom. The highest BCUT2D eigenvalue weighted by Crippen LogP contribution is 1.86. The minimum absolute atomic E-state index is 0. The van der Waals surface area contributed by atoms with Crippen LogP contribution in [-0.4, -0.2) is 0 Å². The largest absolute Gasteiger partial charge is 1.00 e. The summed E-state index contributed by atoms with van der Waals surface area (Å²) >= 11 is 0. The van der Waals surface area contributed by atoms with Gasteiger partial charge < -0.3 is 16.8 Å². The van der Waals surface area contributed by atoms with Crippen LogP contribution in [0, 0.1) is 0 Å². The molecule has 1 aromatic heterocycles. The van der Waals surface area contributed by atoms with Gasteiger partial charge in [-0.15, -0.1) is 0 Å². The van der Waals surface area contributed by atoms with Gasteiger partial charge in [-0.2, -0.15) is 0 Å². The van der Waals surface area contributed by atoms with Gasteiger partial charge in [-0.25, -0.2) is 0 Å². The van der Waals surface area contributed by atoms with Crippen molar-refractivity contribution in [3.63, 3.8) is 0 Å². The highest BCUT2D eigenvalue weighted by molar-refractivity contribution is 7.26. The Bertz CT molecular complexity index is 115. The Labute approximate surface area is 50.7 Å². The molecule has 1 atom stereocenters. The van der Waals surface area contributed by atoms with Crippen LogP contribution in [0.2, 0.25) is 0 Å². The number of hydrogen-bond donors (Lipinski definition) is 0. The maximum Gasteiger partial charge on any atom is 0.237 e. The molecule has 0 aliphatic heterocycles. The van der Waals surface area contributed by atoms with Crippen LogP contribution in [0.25, 0.3) is 0 Å². The molecular weight excluding hydrogens is 130 g/mol. The fourth-order valence-electron chi connectivity index (χ4n) is 0.313. The third-order valence-electron chi connectivity index (χ3n) is 0.580. The summed E-state index contributed by atoms with van der Waals surface area (Å²) in [5.74, 6) is 0. The summed E-state index contributed by atoms with van der Waals surface area (Å²) in [6.45, 7) is 0. The lowest BCUT2D eigenvalue weighted by Crippen LogP contribution is -3.00. The van der Waals surface area contributed by atoms with E-state index in [0.717, 1.165) is 5.50 Å². The normalized spacial score (nSPS) is 8.00. The van der Waals surface area contributed by atoms with Gasteiger partial charge in [-0.1, -0.05) is 0 Å². The molecule has 40 valence electrons. The van der Waals surface area contributed by atoms with Gasteiger partial charge >= 0.3 is 0 Å². The Balaban J connectivity index is 0.000000360. The van der Waals surface area contributed by atoms with Crippen LogP contribution in [0.4, 0.5) is 0 Å². The molecule has 7 heavy (non-hydrogen) atoms. The van der Waals surface area contributed by atoms with Crippen LogP contribution < -0.4 is 17.9 Å². The van der Waals surface area contributed by atoms with Gasteiger partial charge in [0.2, 0.25) is 5.50 Å². The maximum atomic E-state index is 4.85. The van der Waals surface area contributed by atoms with Gasteiger partial charge in [0.25, 0.3) is 0 Å². The number of hydrogen-bond acceptors (Lipinski definition) is 1. The lowest BCUT2D eigenvalue weighted by Gasteiger charge is -1.61. The van der Waals surface area contributed by atoms with Crippen LogP contribution in [0.5, 0.6) is 0 Å². The first-order valence-electron chi connectivity index (χ1n) is 1.75. The standard InChI is InChI=1S/C4H5OP.ClH/c6-4-2-1-3-5-4;/h1-3H,6H2;1H. The van der Waals surface area contributed by atoms with E-state index < -0.39 is 0 Å². The van der Waals surface area contributed by atoms with E-state index in [0.29, 0.717) is 0 Å². The topological polar surface area (TPSA) is 13.1 Å². The van der Waals surface area contributed by atoms with Crippen molar-refractivity contribution in [2.45, 2.75) is 0 Å². The summed E-state index contributed by atoms with van der Waals surface area (Å²) in [5, 5.41) is 0. The van der Waals surface area contributed by atoms with E-state index in [-0.39, 0.29) is 12.4 Å². The van der Waals surface area contributed by atoms with E-state index in [2.05, 4.69) is 0 Å². The van der Waals surface area contributed by atoms with E-state index in [9.17, 15) is 0 Å². The van der Waals surface area contributed by atoms with E-state index in [1.165, 1.54) is 0 Å². The van der Waals surface area contributed by atoms with Crippen molar-refractivity contribution in [3.05, 3.63) is 18.4 Å². The third kappa shape index (κ3) is 1.96. The molecule has 0 N–H and O–H groups in total. The molecule has 1 heterocycles. The van der Waals surface area contributed by atoms with Crippen LogP contribution in [-0.2, 0) is 0 Å². The van der Waals surface area contributed by atoms with Gasteiger partial charge in [-0.3, -0.25) is 0 Å². The zero-order chi connectivity index (χ0) is 4.41. The molecule has 1 rings (SSSR count). The van der Waals surface area contributed by atoms with Crippen LogP contribution in [0.1, 0.15) is 0 Å². The fourth-order valence-corrected chi connectivity index (χ4v) is 0.545. The summed E-state index contributed by atoms with van der Waals surface area (Å²) in [5.41, 5.74) is 0.995. The van der Waals surface area contributed by atoms with Gasteiger partial charge in [0.15, 0.2) is 0 Å². The summed E-state index contributed by atoms with van der Waals surface area (Å²) in [6.07, 6.45) is 1.67. The first kappa shape index (κ1) is 7.00. The SMILES string of the molecule is [Cl-].[PH3+]c1ccco1. The highest BCUT2D eigenvalue weighted by atomic mass is 35.5. The number of rotatable bonds is 0. The summed E-state index contributed by atoms with van der Waals surface area (Å²) < 4.78 is 4.85. The Morgan fingerprint density at radius 1 is 1.57 bits per heavy atom. The van der Waals surface area contributed by atoms with Crippen LogP contribution in [0.15, 0.2) is 22.8 Å². The Kier molecular flexibility index (Phi) is 3.06. The van der Waals surface area contributed by atoms with Gasteiger partial charge in [0.1, 0.15) is 0 Å². The van der Waals surface area contributed by atoms with Crippen molar-refractivity contribution < 1.29 is 16.8 Å². The molecule has 3 heteroatoms. The van der Waals surface area contributed by atoms with Crippen molar-refractivity contribution in [1.82, 2.24) is 0 Å². The molecule has 0 saturated carbocycles. The molecule has 0 fully saturated rings. The van der Waals surface area contributed by atoms with Crippen molar-refractivity contribution in [2.75, 3.05) is 0 Å². The first-order chi connectivity index (χ1) is 2.89. The zero-order valence-corrected chi connectivity index (χ0v) is 5.90. The maximum absolute atomic E-state index is 4.85. The average Bonchev–Trinajstić information content (AvgIpc) is 1.86. The molecule has 0 aromatic carbocycles. The molecular formula is C4H6ClOP. The lowest BCUT2D eigenvalue weighted by molar-refractivity contribution is -0.00000155. The third-order valence-corrected chi connectivity index (χ3v) is 0.982. The first-order valence-corrected chi connectivity index (χ1v) is 2.46. The quantitative estimate of drug-likeness (QED) is 0.360. The number of furan rings is 1. The van der Waals surface area contributed by atoms with Gasteiger partial charge in [0, 0.05) is 15.3 Å². The van der Waals surface area contributed by atoms with Crippen molar-refractivity contribution in [3.8, 4) is 0 Å². The minimum Gasteiger partial charge on any atom is -1.00 e. The molecule has 0 aliphatic rings. The smallest absolute Gasteiger partial charge is 0.237 e. The second-order valence-electron chi connectivity index (χ2n) is 1.08. The average molecular weight is 137 g/mol. The molecule has 0 radical (unpaired) electrons. The monoisotopic (exact) mass is 136 g/mol. The molecule has 0 amide bonds. The number of halogens is 1. The van der Waals surface area contributed by atoms with Gasteiger partial charge in [-0.05, 0) is 6.07 Å². The van der Waals surface area contributed by atoms with E-state index >= 15 is 0 Å². The van der Waals surface area contributed by atoms with Crippen molar-refractivity contribution >= 4 is 14.7 Å². The highest BCUT2D eigenvalue weighted by Gasteiger charge is 1.82. The van der Waals surface area contributed by atoms with E-state index in [1.54, 1.807) is 15.5 Å². The minimum atomic E-state index is 0. The van der Waals surface area contributed by atoms with Gasteiger partial charge in [0.05, 0.1) is 6.26 Å². The molecule has 1 unspecified atom stereocenters. The summed E-state index contributed by atoms with van der Waals surface area (Å²) in [6, 6.07) is 3.81. The zero-order valence-electron chi connectivity index (χ0n) is 3.73. The second kappa shape index (κ2) is 3.06. The summed E-state index contributed by atoms with van der Waals surface area (Å²) in [4.78, 5) is 0. The van der Waals surface area contributed by atoms with Crippen molar-refractivity contribution in [1.29, 1.82) is 0 Å². The Morgan fingerprint density at radius 2 is 2.29 bits per heavy atom. The molecule has 0 bridgehead atoms. The molecule has 0 saturated heterocycles. The predicted molar refractivity (Wildman–Crippen MR) is 29.4 cm³/mol. The van der Waals surface area contributed by atoms with Crippen LogP contribution in [0.3, 0.4) is 0 Å². The van der Waals surface area contributed by atoms with E-state index in [4.69, 9.17) is 4.42 Å².